The summed E-state index contributed by atoms with van der Waals surface area (Å²) in [7, 11) is 2.95. The molecule has 0 heterocycles. The fourth-order valence-corrected chi connectivity index (χ4v) is 3.00. The molecule has 0 saturated carbocycles. The molecule has 0 aliphatic rings. The molecular weight excluding hydrogens is 344 g/mol. The summed E-state index contributed by atoms with van der Waals surface area (Å²) in [6.45, 7) is 10.1. The Bertz CT molecular complexity index is 587. The number of amides is 1. The first-order chi connectivity index (χ1) is 13.0. The highest BCUT2D eigenvalue weighted by molar-refractivity contribution is 5.94. The van der Waals surface area contributed by atoms with Crippen LogP contribution in [0.1, 0.15) is 44.0 Å². The second-order valence-corrected chi connectivity index (χ2v) is 6.64. The third-order valence-corrected chi connectivity index (χ3v) is 4.75. The van der Waals surface area contributed by atoms with Gasteiger partial charge in [-0.1, -0.05) is 26.8 Å². The number of carbonyl (C=O) groups excluding carboxylic acids is 2. The van der Waals surface area contributed by atoms with E-state index in [4.69, 9.17) is 9.47 Å². The van der Waals surface area contributed by atoms with Crippen molar-refractivity contribution in [1.29, 1.82) is 0 Å². The lowest BCUT2D eigenvalue weighted by atomic mass is 10.1. The average molecular weight is 379 g/mol. The monoisotopic (exact) mass is 378 g/mol. The minimum atomic E-state index is -0.368. The highest BCUT2D eigenvalue weighted by Crippen LogP contribution is 2.16. The molecule has 0 bridgehead atoms. The number of esters is 1. The van der Waals surface area contributed by atoms with Crippen molar-refractivity contribution in [1.82, 2.24) is 9.80 Å². The summed E-state index contributed by atoms with van der Waals surface area (Å²) in [6.07, 6.45) is 1.90. The van der Waals surface area contributed by atoms with Gasteiger partial charge in [0.05, 0.1) is 20.1 Å². The van der Waals surface area contributed by atoms with Gasteiger partial charge in [0.15, 0.2) is 0 Å². The summed E-state index contributed by atoms with van der Waals surface area (Å²) in [5, 5.41) is 0. The van der Waals surface area contributed by atoms with Gasteiger partial charge < -0.3 is 19.3 Å². The van der Waals surface area contributed by atoms with Gasteiger partial charge in [-0.2, -0.15) is 0 Å². The van der Waals surface area contributed by atoms with Crippen LogP contribution in [0.25, 0.3) is 0 Å². The van der Waals surface area contributed by atoms with Crippen LogP contribution in [-0.2, 0) is 9.53 Å². The largest absolute Gasteiger partial charge is 0.497 e. The van der Waals surface area contributed by atoms with Crippen LogP contribution in [0.5, 0.6) is 5.75 Å². The average Bonchev–Trinajstić information content (AvgIpc) is 2.71. The summed E-state index contributed by atoms with van der Waals surface area (Å²) in [5.74, 6) is -0.121. The number of hydrogen-bond donors (Lipinski definition) is 0. The quantitative estimate of drug-likeness (QED) is 0.413. The Kier molecular flexibility index (Phi) is 10.5. The van der Waals surface area contributed by atoms with Crippen molar-refractivity contribution in [3.8, 4) is 5.75 Å². The van der Waals surface area contributed by atoms with Gasteiger partial charge in [0.1, 0.15) is 5.75 Å². The predicted molar refractivity (Wildman–Crippen MR) is 107 cm³/mol. The van der Waals surface area contributed by atoms with Crippen LogP contribution in [0.4, 0.5) is 0 Å². The number of ether oxygens (including phenoxy) is 2. The molecule has 152 valence electrons. The number of hydrogen-bond acceptors (Lipinski definition) is 5. The molecular formula is C21H34N2O4. The number of unbranched alkanes of at least 4 members (excludes halogenated alkanes) is 1. The van der Waals surface area contributed by atoms with Crippen LogP contribution in [-0.4, -0.2) is 68.6 Å². The van der Waals surface area contributed by atoms with Crippen molar-refractivity contribution >= 4 is 11.9 Å². The van der Waals surface area contributed by atoms with E-state index in [9.17, 15) is 9.59 Å². The van der Waals surface area contributed by atoms with Gasteiger partial charge in [0.2, 0.25) is 0 Å². The molecule has 0 aromatic heterocycles. The van der Waals surface area contributed by atoms with E-state index in [-0.39, 0.29) is 17.8 Å². The molecule has 1 atom stereocenters. The van der Waals surface area contributed by atoms with Crippen LogP contribution in [0.3, 0.4) is 0 Å². The number of rotatable bonds is 12. The minimum absolute atomic E-state index is 0.0903. The predicted octanol–water partition coefficient (Wildman–Crippen LogP) is 3.07. The van der Waals surface area contributed by atoms with Gasteiger partial charge >= 0.3 is 5.97 Å². The lowest BCUT2D eigenvalue weighted by Gasteiger charge is -2.26. The van der Waals surface area contributed by atoms with E-state index in [0.717, 1.165) is 32.5 Å². The Morgan fingerprint density at radius 1 is 1.07 bits per heavy atom. The maximum atomic E-state index is 13.0. The topological polar surface area (TPSA) is 59.1 Å². The van der Waals surface area contributed by atoms with Crippen LogP contribution in [0.2, 0.25) is 0 Å². The summed E-state index contributed by atoms with van der Waals surface area (Å²) >= 11 is 0. The molecule has 0 N–H and O–H groups in total. The zero-order valence-electron chi connectivity index (χ0n) is 17.4. The lowest BCUT2D eigenvalue weighted by molar-refractivity contribution is -0.145. The van der Waals surface area contributed by atoms with Crippen molar-refractivity contribution in [3.63, 3.8) is 0 Å². The standard InChI is InChI=1S/C21H34N2O4/c1-6-22(7-2)13-8-9-14-23(16-17(3)21(25)27-5)20(24)18-11-10-12-19(15-18)26-4/h10-12,15,17H,6-9,13-14,16H2,1-5H3. The maximum absolute atomic E-state index is 13.0. The second-order valence-electron chi connectivity index (χ2n) is 6.64. The Balaban J connectivity index is 2.79. The van der Waals surface area contributed by atoms with Gasteiger partial charge in [0, 0.05) is 18.7 Å². The molecule has 1 amide bonds. The van der Waals surface area contributed by atoms with Crippen LogP contribution < -0.4 is 4.74 Å². The summed E-state index contributed by atoms with van der Waals surface area (Å²) < 4.78 is 10.0. The van der Waals surface area contributed by atoms with Crippen molar-refractivity contribution in [2.45, 2.75) is 33.6 Å². The molecule has 0 spiro atoms. The molecule has 1 aromatic rings. The van der Waals surface area contributed by atoms with Gasteiger partial charge in [-0.3, -0.25) is 9.59 Å². The molecule has 1 unspecified atom stereocenters. The van der Waals surface area contributed by atoms with Crippen LogP contribution in [0, 0.1) is 5.92 Å². The maximum Gasteiger partial charge on any atom is 0.310 e. The van der Waals surface area contributed by atoms with E-state index in [1.807, 2.05) is 6.07 Å². The smallest absolute Gasteiger partial charge is 0.310 e. The first-order valence-corrected chi connectivity index (χ1v) is 9.70. The third kappa shape index (κ3) is 7.59. The van der Waals surface area contributed by atoms with E-state index in [1.54, 1.807) is 37.1 Å². The Hall–Kier alpha value is -2.08. The van der Waals surface area contributed by atoms with E-state index in [2.05, 4.69) is 18.7 Å². The summed E-state index contributed by atoms with van der Waals surface area (Å²) in [5.41, 5.74) is 0.565. The number of nitrogens with zero attached hydrogens (tertiary/aromatic N) is 2. The number of carbonyl (C=O) groups is 2. The van der Waals surface area contributed by atoms with Crippen molar-refractivity contribution < 1.29 is 19.1 Å². The number of methoxy groups -OCH3 is 2. The van der Waals surface area contributed by atoms with Crippen molar-refractivity contribution in [2.75, 3.05) is 46.9 Å². The third-order valence-electron chi connectivity index (χ3n) is 4.75. The molecule has 0 saturated heterocycles. The van der Waals surface area contributed by atoms with Crippen molar-refractivity contribution in [3.05, 3.63) is 29.8 Å². The Labute approximate surface area is 163 Å². The van der Waals surface area contributed by atoms with Gasteiger partial charge in [-0.15, -0.1) is 0 Å². The molecule has 0 aliphatic heterocycles. The van der Waals surface area contributed by atoms with Crippen molar-refractivity contribution in [2.24, 2.45) is 5.92 Å². The Morgan fingerprint density at radius 2 is 1.74 bits per heavy atom. The minimum Gasteiger partial charge on any atom is -0.497 e. The van der Waals surface area contributed by atoms with E-state index >= 15 is 0 Å². The van der Waals surface area contributed by atoms with E-state index in [1.165, 1.54) is 7.11 Å². The fourth-order valence-electron chi connectivity index (χ4n) is 3.00. The lowest BCUT2D eigenvalue weighted by Crippen LogP contribution is -2.38. The molecule has 0 aliphatic carbocycles. The van der Waals surface area contributed by atoms with Gasteiger partial charge in [-0.25, -0.2) is 0 Å². The van der Waals surface area contributed by atoms with Gasteiger partial charge in [-0.05, 0) is 50.7 Å². The van der Waals surface area contributed by atoms with E-state index in [0.29, 0.717) is 24.4 Å². The SMILES string of the molecule is CCN(CC)CCCCN(CC(C)C(=O)OC)C(=O)c1cccc(OC)c1. The van der Waals surface area contributed by atoms with Crippen LogP contribution >= 0.6 is 0 Å². The molecule has 1 aromatic carbocycles. The molecule has 6 nitrogen and oxygen atoms in total. The first kappa shape index (κ1) is 23.0. The zero-order chi connectivity index (χ0) is 20.2. The van der Waals surface area contributed by atoms with E-state index < -0.39 is 0 Å². The zero-order valence-corrected chi connectivity index (χ0v) is 17.4. The summed E-state index contributed by atoms with van der Waals surface area (Å²) in [4.78, 5) is 28.9. The molecule has 0 radical (unpaired) electrons. The Morgan fingerprint density at radius 3 is 2.33 bits per heavy atom. The highest BCUT2D eigenvalue weighted by Gasteiger charge is 2.22. The number of benzene rings is 1. The summed E-state index contributed by atoms with van der Waals surface area (Å²) in [6, 6.07) is 7.11. The highest BCUT2D eigenvalue weighted by atomic mass is 16.5. The molecule has 1 rings (SSSR count). The van der Waals surface area contributed by atoms with Crippen LogP contribution in [0.15, 0.2) is 24.3 Å². The fraction of sp³-hybridized carbons (Fsp3) is 0.619. The molecule has 0 fully saturated rings. The first-order valence-electron chi connectivity index (χ1n) is 9.70. The van der Waals surface area contributed by atoms with Gasteiger partial charge in [0.25, 0.3) is 5.91 Å². The second kappa shape index (κ2) is 12.3. The normalized spacial score (nSPS) is 11.9. The molecule has 27 heavy (non-hydrogen) atoms. The molecule has 6 heteroatoms.